The molecule has 17 heavy (non-hydrogen) atoms. The lowest BCUT2D eigenvalue weighted by molar-refractivity contribution is 0.511. The quantitative estimate of drug-likeness (QED) is 0.764. The maximum Gasteiger partial charge on any atom is 0.207 e. The molecule has 0 bridgehead atoms. The number of aromatic nitrogens is 2. The van der Waals surface area contributed by atoms with Gasteiger partial charge in [0.1, 0.15) is 6.07 Å². The van der Waals surface area contributed by atoms with E-state index in [4.69, 9.17) is 5.26 Å². The van der Waals surface area contributed by atoms with Crippen LogP contribution in [-0.2, 0) is 13.0 Å². The Morgan fingerprint density at radius 3 is 2.76 bits per heavy atom. The van der Waals surface area contributed by atoms with Crippen molar-refractivity contribution in [3.05, 3.63) is 11.4 Å². The van der Waals surface area contributed by atoms with Crippen molar-refractivity contribution in [2.45, 2.75) is 25.8 Å². The van der Waals surface area contributed by atoms with Crippen molar-refractivity contribution in [2.24, 2.45) is 0 Å². The van der Waals surface area contributed by atoms with Crippen molar-refractivity contribution in [2.75, 3.05) is 31.1 Å². The van der Waals surface area contributed by atoms with Crippen LogP contribution < -0.4 is 10.2 Å². The van der Waals surface area contributed by atoms with E-state index in [9.17, 15) is 0 Å². The lowest BCUT2D eigenvalue weighted by Gasteiger charge is -2.29. The Bertz CT molecular complexity index is 450. The molecule has 0 saturated carbocycles. The van der Waals surface area contributed by atoms with Gasteiger partial charge in [-0.05, 0) is 19.3 Å². The molecular formula is C12H17N5. The van der Waals surface area contributed by atoms with Crippen molar-refractivity contribution in [1.82, 2.24) is 14.9 Å². The largest absolute Gasteiger partial charge is 0.340 e. The third-order valence-electron chi connectivity index (χ3n) is 3.60. The molecule has 0 aromatic carbocycles. The second-order valence-electron chi connectivity index (χ2n) is 4.66. The lowest BCUT2D eigenvalue weighted by Crippen LogP contribution is -2.44. The topological polar surface area (TPSA) is 56.9 Å². The molecule has 2 aliphatic heterocycles. The molecule has 0 atom stereocenters. The first kappa shape index (κ1) is 10.6. The molecule has 2 aliphatic rings. The van der Waals surface area contributed by atoms with Crippen LogP contribution in [0.5, 0.6) is 0 Å². The van der Waals surface area contributed by atoms with Crippen LogP contribution in [0.3, 0.4) is 0 Å². The van der Waals surface area contributed by atoms with Gasteiger partial charge in [0, 0.05) is 32.7 Å². The summed E-state index contributed by atoms with van der Waals surface area (Å²) in [6.07, 6.45) is 3.39. The third-order valence-corrected chi connectivity index (χ3v) is 3.60. The number of fused-ring (bicyclic) bond motifs is 1. The molecule has 0 spiro atoms. The van der Waals surface area contributed by atoms with Crippen LogP contribution in [-0.4, -0.2) is 35.7 Å². The standard InChI is InChI=1S/C12H17N5/c13-9-10-11-3-1-2-6-17(11)12(15-10)16-7-4-14-5-8-16/h14H,1-8H2. The molecule has 0 unspecified atom stereocenters. The highest BCUT2D eigenvalue weighted by Crippen LogP contribution is 2.25. The average Bonchev–Trinajstić information content (AvgIpc) is 2.78. The molecule has 90 valence electrons. The third kappa shape index (κ3) is 1.79. The van der Waals surface area contributed by atoms with Gasteiger partial charge in [0.05, 0.1) is 5.69 Å². The molecule has 0 aliphatic carbocycles. The molecular weight excluding hydrogens is 214 g/mol. The molecule has 1 aromatic rings. The minimum Gasteiger partial charge on any atom is -0.340 e. The van der Waals surface area contributed by atoms with Crippen LogP contribution >= 0.6 is 0 Å². The van der Waals surface area contributed by atoms with Gasteiger partial charge >= 0.3 is 0 Å². The van der Waals surface area contributed by atoms with Crippen LogP contribution in [0.4, 0.5) is 5.95 Å². The highest BCUT2D eigenvalue weighted by atomic mass is 15.3. The molecule has 5 heteroatoms. The van der Waals surface area contributed by atoms with Crippen molar-refractivity contribution >= 4 is 5.95 Å². The Labute approximate surface area is 101 Å². The molecule has 3 rings (SSSR count). The van der Waals surface area contributed by atoms with E-state index in [0.29, 0.717) is 5.69 Å². The van der Waals surface area contributed by atoms with Crippen LogP contribution in [0.1, 0.15) is 24.2 Å². The van der Waals surface area contributed by atoms with Gasteiger partial charge in [0.2, 0.25) is 5.95 Å². The predicted octanol–water partition coefficient (Wildman–Crippen LogP) is 0.501. The molecule has 0 amide bonds. The molecule has 1 N–H and O–H groups in total. The number of anilines is 1. The predicted molar refractivity (Wildman–Crippen MR) is 65.0 cm³/mol. The minimum absolute atomic E-state index is 0.637. The lowest BCUT2D eigenvalue weighted by atomic mass is 10.1. The van der Waals surface area contributed by atoms with E-state index in [1.807, 2.05) is 0 Å². The SMILES string of the molecule is N#Cc1nc(N2CCNCC2)n2c1CCCC2. The monoisotopic (exact) mass is 231 g/mol. The van der Waals surface area contributed by atoms with E-state index in [-0.39, 0.29) is 0 Å². The van der Waals surface area contributed by atoms with Gasteiger partial charge in [-0.1, -0.05) is 0 Å². The smallest absolute Gasteiger partial charge is 0.207 e. The summed E-state index contributed by atoms with van der Waals surface area (Å²) in [6.45, 7) is 5.00. The Hall–Kier alpha value is -1.54. The second-order valence-corrected chi connectivity index (χ2v) is 4.66. The maximum atomic E-state index is 9.15. The number of nitriles is 1. The number of nitrogens with zero attached hydrogens (tertiary/aromatic N) is 4. The molecule has 3 heterocycles. The minimum atomic E-state index is 0.637. The summed E-state index contributed by atoms with van der Waals surface area (Å²) in [5, 5.41) is 12.5. The van der Waals surface area contributed by atoms with Crippen LogP contribution in [0, 0.1) is 11.3 Å². The number of nitrogens with one attached hydrogen (secondary N) is 1. The molecule has 1 saturated heterocycles. The van der Waals surface area contributed by atoms with Crippen LogP contribution in [0.2, 0.25) is 0 Å². The van der Waals surface area contributed by atoms with Gasteiger partial charge < -0.3 is 14.8 Å². The Kier molecular flexibility index (Phi) is 2.73. The fourth-order valence-electron chi connectivity index (χ4n) is 2.72. The van der Waals surface area contributed by atoms with Crippen molar-refractivity contribution in [3.8, 4) is 6.07 Å². The first-order chi connectivity index (χ1) is 8.40. The summed E-state index contributed by atoms with van der Waals surface area (Å²) in [4.78, 5) is 6.83. The van der Waals surface area contributed by atoms with Crippen molar-refractivity contribution in [3.63, 3.8) is 0 Å². The van der Waals surface area contributed by atoms with Crippen LogP contribution in [0.15, 0.2) is 0 Å². The normalized spacial score (nSPS) is 19.8. The zero-order chi connectivity index (χ0) is 11.7. The molecule has 1 fully saturated rings. The number of hydrogen-bond donors (Lipinski definition) is 1. The first-order valence-electron chi connectivity index (χ1n) is 6.35. The summed E-state index contributed by atoms with van der Waals surface area (Å²) < 4.78 is 2.26. The Morgan fingerprint density at radius 1 is 1.18 bits per heavy atom. The van der Waals surface area contributed by atoms with E-state index in [1.54, 1.807) is 0 Å². The van der Waals surface area contributed by atoms with E-state index < -0.39 is 0 Å². The summed E-state index contributed by atoms with van der Waals surface area (Å²) in [5.41, 5.74) is 1.78. The van der Waals surface area contributed by atoms with E-state index >= 15 is 0 Å². The fourth-order valence-corrected chi connectivity index (χ4v) is 2.72. The summed E-state index contributed by atoms with van der Waals surface area (Å²) in [6, 6.07) is 2.24. The fraction of sp³-hybridized carbons (Fsp3) is 0.667. The second kappa shape index (κ2) is 4.38. The van der Waals surface area contributed by atoms with E-state index in [2.05, 4.69) is 25.8 Å². The number of rotatable bonds is 1. The molecule has 0 radical (unpaired) electrons. The zero-order valence-electron chi connectivity index (χ0n) is 9.95. The number of imidazole rings is 1. The summed E-state index contributed by atoms with van der Waals surface area (Å²) in [7, 11) is 0. The zero-order valence-corrected chi connectivity index (χ0v) is 9.95. The van der Waals surface area contributed by atoms with E-state index in [0.717, 1.165) is 50.8 Å². The van der Waals surface area contributed by atoms with Crippen molar-refractivity contribution in [1.29, 1.82) is 5.26 Å². The highest BCUT2D eigenvalue weighted by Gasteiger charge is 2.24. The number of hydrogen-bond acceptors (Lipinski definition) is 4. The molecule has 5 nitrogen and oxygen atoms in total. The van der Waals surface area contributed by atoms with Gasteiger partial charge in [0.15, 0.2) is 5.69 Å². The molecule has 1 aromatic heterocycles. The number of piperazine rings is 1. The summed E-state index contributed by atoms with van der Waals surface area (Å²) >= 11 is 0. The van der Waals surface area contributed by atoms with Gasteiger partial charge in [-0.3, -0.25) is 0 Å². The van der Waals surface area contributed by atoms with Gasteiger partial charge in [-0.2, -0.15) is 5.26 Å². The first-order valence-corrected chi connectivity index (χ1v) is 6.35. The van der Waals surface area contributed by atoms with Gasteiger partial charge in [-0.15, -0.1) is 0 Å². The maximum absolute atomic E-state index is 9.15. The van der Waals surface area contributed by atoms with E-state index in [1.165, 1.54) is 12.8 Å². The Morgan fingerprint density at radius 2 is 2.00 bits per heavy atom. The van der Waals surface area contributed by atoms with Gasteiger partial charge in [0.25, 0.3) is 0 Å². The average molecular weight is 231 g/mol. The van der Waals surface area contributed by atoms with Crippen LogP contribution in [0.25, 0.3) is 0 Å². The van der Waals surface area contributed by atoms with Gasteiger partial charge in [-0.25, -0.2) is 4.98 Å². The highest BCUT2D eigenvalue weighted by molar-refractivity contribution is 5.43. The van der Waals surface area contributed by atoms with Crippen molar-refractivity contribution < 1.29 is 0 Å². The Balaban J connectivity index is 1.98. The summed E-state index contributed by atoms with van der Waals surface area (Å²) in [5.74, 6) is 1.01.